The lowest BCUT2D eigenvalue weighted by Gasteiger charge is -2.46. The van der Waals surface area contributed by atoms with Gasteiger partial charge >= 0.3 is 0 Å². The molecule has 1 fully saturated rings. The highest BCUT2D eigenvalue weighted by molar-refractivity contribution is 5.76. The summed E-state index contributed by atoms with van der Waals surface area (Å²) in [7, 11) is 0. The van der Waals surface area contributed by atoms with E-state index in [0.29, 0.717) is 23.9 Å². The highest BCUT2D eigenvalue weighted by atomic mass is 16.3. The molecule has 0 unspecified atom stereocenters. The highest BCUT2D eigenvalue weighted by Crippen LogP contribution is 2.48. The van der Waals surface area contributed by atoms with Crippen molar-refractivity contribution in [3.8, 4) is 0 Å². The summed E-state index contributed by atoms with van der Waals surface area (Å²) in [5, 5.41) is 19.1. The largest absolute Gasteiger partial charge is 0.396 e. The summed E-state index contributed by atoms with van der Waals surface area (Å²) >= 11 is 0. The molecule has 2 aromatic rings. The van der Waals surface area contributed by atoms with Crippen molar-refractivity contribution < 1.29 is 10.2 Å². The first-order valence-corrected chi connectivity index (χ1v) is 6.17. The molecular weight excluding hydrogens is 248 g/mol. The molecule has 0 spiro atoms. The second-order valence-electron chi connectivity index (χ2n) is 5.29. The summed E-state index contributed by atoms with van der Waals surface area (Å²) in [6.45, 7) is -0.0648. The first kappa shape index (κ1) is 12.2. The Kier molecular flexibility index (Phi) is 2.61. The van der Waals surface area contributed by atoms with Gasteiger partial charge in [0.1, 0.15) is 5.65 Å². The lowest BCUT2D eigenvalue weighted by molar-refractivity contribution is -0.0419. The van der Waals surface area contributed by atoms with Crippen LogP contribution in [-0.4, -0.2) is 38.0 Å². The van der Waals surface area contributed by atoms with Crippen LogP contribution in [0.4, 0.5) is 5.95 Å². The van der Waals surface area contributed by atoms with Crippen molar-refractivity contribution in [2.45, 2.75) is 18.9 Å². The number of fused-ring (bicyclic) bond motifs is 1. The van der Waals surface area contributed by atoms with Gasteiger partial charge in [-0.3, -0.25) is 9.78 Å². The Labute approximate surface area is 108 Å². The molecule has 5 N–H and O–H groups in total. The van der Waals surface area contributed by atoms with Gasteiger partial charge in [-0.15, -0.1) is 0 Å². The molecule has 0 bridgehead atoms. The molecule has 0 saturated heterocycles. The minimum atomic E-state index is -0.409. The molecule has 3 rings (SSSR count). The Morgan fingerprint density at radius 1 is 1.47 bits per heavy atom. The van der Waals surface area contributed by atoms with Gasteiger partial charge in [0.25, 0.3) is 5.56 Å². The van der Waals surface area contributed by atoms with Crippen molar-refractivity contribution in [3.05, 3.63) is 22.6 Å². The van der Waals surface area contributed by atoms with Crippen LogP contribution in [0.5, 0.6) is 0 Å². The zero-order chi connectivity index (χ0) is 13.6. The standard InChI is InChI=1S/C12H16N4O3/c13-11-14-9-8(10(19)15-11)1-2-16(9)7-3-12(4-7,5-17)6-18/h1-2,7,17-18H,3-6H2,(H3,13,14,15,19). The van der Waals surface area contributed by atoms with Gasteiger partial charge in [-0.1, -0.05) is 0 Å². The Balaban J connectivity index is 1.98. The fourth-order valence-corrected chi connectivity index (χ4v) is 2.80. The van der Waals surface area contributed by atoms with Gasteiger partial charge in [-0.25, -0.2) is 0 Å². The smallest absolute Gasteiger partial charge is 0.261 e. The molecule has 2 heterocycles. The first-order valence-electron chi connectivity index (χ1n) is 6.17. The van der Waals surface area contributed by atoms with E-state index in [1.807, 2.05) is 4.57 Å². The summed E-state index contributed by atoms with van der Waals surface area (Å²) in [6.07, 6.45) is 3.13. The molecule has 7 heteroatoms. The number of aliphatic hydroxyl groups excluding tert-OH is 2. The Bertz CT molecular complexity index is 663. The van der Waals surface area contributed by atoms with E-state index in [1.54, 1.807) is 12.3 Å². The zero-order valence-electron chi connectivity index (χ0n) is 10.3. The molecule has 1 aliphatic carbocycles. The molecule has 19 heavy (non-hydrogen) atoms. The molecular formula is C12H16N4O3. The van der Waals surface area contributed by atoms with E-state index in [0.717, 1.165) is 0 Å². The Morgan fingerprint density at radius 2 is 2.16 bits per heavy atom. The third-order valence-corrected chi connectivity index (χ3v) is 4.00. The molecule has 0 atom stereocenters. The minimum absolute atomic E-state index is 0.0324. The van der Waals surface area contributed by atoms with Crippen LogP contribution in [0.1, 0.15) is 18.9 Å². The predicted octanol–water partition coefficient (Wildman–Crippen LogP) is -0.387. The molecule has 7 nitrogen and oxygen atoms in total. The number of aliphatic hydroxyl groups is 2. The fourth-order valence-electron chi connectivity index (χ4n) is 2.80. The van der Waals surface area contributed by atoms with Crippen molar-refractivity contribution >= 4 is 17.0 Å². The van der Waals surface area contributed by atoms with E-state index < -0.39 is 5.41 Å². The van der Waals surface area contributed by atoms with E-state index in [-0.39, 0.29) is 30.8 Å². The number of hydrogen-bond donors (Lipinski definition) is 4. The van der Waals surface area contributed by atoms with Crippen LogP contribution in [0.3, 0.4) is 0 Å². The maximum atomic E-state index is 11.7. The Morgan fingerprint density at radius 3 is 2.79 bits per heavy atom. The van der Waals surface area contributed by atoms with Crippen LogP contribution in [0.25, 0.3) is 11.0 Å². The van der Waals surface area contributed by atoms with Crippen molar-refractivity contribution in [2.75, 3.05) is 18.9 Å². The number of nitrogen functional groups attached to an aromatic ring is 1. The number of nitrogens with two attached hydrogens (primary N) is 1. The maximum Gasteiger partial charge on any atom is 0.261 e. The van der Waals surface area contributed by atoms with Crippen molar-refractivity contribution in [1.29, 1.82) is 0 Å². The van der Waals surface area contributed by atoms with E-state index in [2.05, 4.69) is 9.97 Å². The fraction of sp³-hybridized carbons (Fsp3) is 0.500. The second kappa shape index (κ2) is 4.07. The summed E-state index contributed by atoms with van der Waals surface area (Å²) in [6, 6.07) is 1.84. The monoisotopic (exact) mass is 264 g/mol. The van der Waals surface area contributed by atoms with E-state index in [1.165, 1.54) is 0 Å². The van der Waals surface area contributed by atoms with Gasteiger partial charge in [-0.2, -0.15) is 4.98 Å². The molecule has 0 amide bonds. The third kappa shape index (κ3) is 1.73. The van der Waals surface area contributed by atoms with Crippen molar-refractivity contribution in [3.63, 3.8) is 0 Å². The number of rotatable bonds is 3. The summed E-state index contributed by atoms with van der Waals surface area (Å²) in [4.78, 5) is 18.3. The van der Waals surface area contributed by atoms with Crippen molar-refractivity contribution in [1.82, 2.24) is 14.5 Å². The van der Waals surface area contributed by atoms with Crippen LogP contribution >= 0.6 is 0 Å². The minimum Gasteiger partial charge on any atom is -0.396 e. The number of H-pyrrole nitrogens is 1. The summed E-state index contributed by atoms with van der Waals surface area (Å²) in [5.74, 6) is 0.0901. The van der Waals surface area contributed by atoms with E-state index >= 15 is 0 Å². The topological polar surface area (TPSA) is 117 Å². The highest BCUT2D eigenvalue weighted by Gasteiger charge is 2.44. The van der Waals surface area contributed by atoms with Crippen LogP contribution in [-0.2, 0) is 0 Å². The normalized spacial score (nSPS) is 18.6. The second-order valence-corrected chi connectivity index (χ2v) is 5.29. The number of nitrogens with one attached hydrogen (secondary N) is 1. The SMILES string of the molecule is Nc1nc2c(ccn2C2CC(CO)(CO)C2)c(=O)[nH]1. The molecule has 1 aliphatic rings. The van der Waals surface area contributed by atoms with Gasteiger partial charge in [-0.05, 0) is 18.9 Å². The van der Waals surface area contributed by atoms with E-state index in [4.69, 9.17) is 5.73 Å². The van der Waals surface area contributed by atoms with Gasteiger partial charge in [0.2, 0.25) is 5.95 Å². The van der Waals surface area contributed by atoms with Crippen molar-refractivity contribution in [2.24, 2.45) is 5.41 Å². The first-order chi connectivity index (χ1) is 9.08. The van der Waals surface area contributed by atoms with Gasteiger partial charge < -0.3 is 20.5 Å². The lowest BCUT2D eigenvalue weighted by atomic mass is 9.66. The average Bonchev–Trinajstić information content (AvgIpc) is 2.73. The molecule has 0 radical (unpaired) electrons. The maximum absolute atomic E-state index is 11.7. The van der Waals surface area contributed by atoms with Crippen LogP contribution in [0, 0.1) is 5.41 Å². The van der Waals surface area contributed by atoms with Crippen LogP contribution in [0.15, 0.2) is 17.1 Å². The van der Waals surface area contributed by atoms with Crippen LogP contribution in [0.2, 0.25) is 0 Å². The molecule has 102 valence electrons. The predicted molar refractivity (Wildman–Crippen MR) is 69.6 cm³/mol. The summed E-state index contributed by atoms with van der Waals surface area (Å²) in [5.41, 5.74) is 5.45. The number of aromatic nitrogens is 3. The molecule has 1 saturated carbocycles. The number of hydrogen-bond acceptors (Lipinski definition) is 5. The number of anilines is 1. The van der Waals surface area contributed by atoms with Crippen LogP contribution < -0.4 is 11.3 Å². The number of aromatic amines is 1. The summed E-state index contributed by atoms with van der Waals surface area (Å²) < 4.78 is 1.89. The van der Waals surface area contributed by atoms with E-state index in [9.17, 15) is 15.0 Å². The van der Waals surface area contributed by atoms with Gasteiger partial charge in [0.05, 0.1) is 18.6 Å². The van der Waals surface area contributed by atoms with Gasteiger partial charge in [0, 0.05) is 17.7 Å². The lowest BCUT2D eigenvalue weighted by Crippen LogP contribution is -2.44. The Hall–Kier alpha value is -1.86. The molecule has 0 aliphatic heterocycles. The molecule has 2 aromatic heterocycles. The quantitative estimate of drug-likeness (QED) is 0.602. The molecule has 0 aromatic carbocycles. The zero-order valence-corrected chi connectivity index (χ0v) is 10.3. The number of nitrogens with zero attached hydrogens (tertiary/aromatic N) is 2. The third-order valence-electron chi connectivity index (χ3n) is 4.00. The average molecular weight is 264 g/mol. The van der Waals surface area contributed by atoms with Gasteiger partial charge in [0.15, 0.2) is 0 Å².